The summed E-state index contributed by atoms with van der Waals surface area (Å²) in [6.45, 7) is 5.49. The van der Waals surface area contributed by atoms with E-state index in [9.17, 15) is 0 Å². The first kappa shape index (κ1) is 15.5. The van der Waals surface area contributed by atoms with Crippen LogP contribution in [0, 0.1) is 0 Å². The van der Waals surface area contributed by atoms with Gasteiger partial charge in [0.05, 0.1) is 0 Å². The predicted octanol–water partition coefficient (Wildman–Crippen LogP) is 3.77. The molecule has 1 saturated heterocycles. The number of rotatable bonds is 8. The zero-order valence-electron chi connectivity index (χ0n) is 12.9. The highest BCUT2D eigenvalue weighted by atomic mass is 15.2. The molecule has 2 rings (SSSR count). The van der Waals surface area contributed by atoms with E-state index in [0.29, 0.717) is 12.0 Å². The zero-order chi connectivity index (χ0) is 14.2. The Morgan fingerprint density at radius 2 is 2.00 bits per heavy atom. The van der Waals surface area contributed by atoms with Gasteiger partial charge in [0.1, 0.15) is 0 Å². The third kappa shape index (κ3) is 4.32. The molecule has 1 fully saturated rings. The van der Waals surface area contributed by atoms with Crippen molar-refractivity contribution >= 4 is 0 Å². The fourth-order valence-electron chi connectivity index (χ4n) is 3.37. The van der Waals surface area contributed by atoms with Crippen LogP contribution in [0.1, 0.15) is 56.9 Å². The van der Waals surface area contributed by atoms with E-state index < -0.39 is 0 Å². The fourth-order valence-corrected chi connectivity index (χ4v) is 3.37. The Balaban J connectivity index is 1.81. The highest BCUT2D eigenvalue weighted by Gasteiger charge is 2.27. The maximum Gasteiger partial charge on any atom is 0.0218 e. The number of likely N-dealkylation sites (tertiary alicyclic amines) is 1. The van der Waals surface area contributed by atoms with E-state index in [4.69, 9.17) is 5.73 Å². The summed E-state index contributed by atoms with van der Waals surface area (Å²) in [6, 6.07) is 11.6. The summed E-state index contributed by atoms with van der Waals surface area (Å²) in [5.74, 6) is 0.709. The molecule has 0 aromatic heterocycles. The van der Waals surface area contributed by atoms with Gasteiger partial charge in [0.2, 0.25) is 0 Å². The smallest absolute Gasteiger partial charge is 0.0218 e. The number of unbranched alkanes of at least 4 members (excludes halogenated alkanes) is 3. The monoisotopic (exact) mass is 274 g/mol. The lowest BCUT2D eigenvalue weighted by molar-refractivity contribution is 0.228. The lowest BCUT2D eigenvalue weighted by Gasteiger charge is -2.27. The van der Waals surface area contributed by atoms with E-state index in [-0.39, 0.29) is 0 Å². The molecule has 0 spiro atoms. The Morgan fingerprint density at radius 1 is 1.20 bits per heavy atom. The molecular weight excluding hydrogens is 244 g/mol. The van der Waals surface area contributed by atoms with Crippen LogP contribution in [0.2, 0.25) is 0 Å². The molecule has 20 heavy (non-hydrogen) atoms. The molecule has 1 aliphatic heterocycles. The highest BCUT2D eigenvalue weighted by Crippen LogP contribution is 2.29. The van der Waals surface area contributed by atoms with Gasteiger partial charge in [-0.2, -0.15) is 0 Å². The van der Waals surface area contributed by atoms with Gasteiger partial charge < -0.3 is 5.73 Å². The quantitative estimate of drug-likeness (QED) is 0.731. The Labute approximate surface area is 124 Å². The topological polar surface area (TPSA) is 29.3 Å². The molecular formula is C18H30N2. The molecule has 2 nitrogen and oxygen atoms in total. The first-order valence-corrected chi connectivity index (χ1v) is 8.34. The largest absolute Gasteiger partial charge is 0.329 e. The average Bonchev–Trinajstić information content (AvgIpc) is 2.98. The van der Waals surface area contributed by atoms with Gasteiger partial charge in [-0.25, -0.2) is 0 Å². The van der Waals surface area contributed by atoms with Crippen molar-refractivity contribution in [1.82, 2.24) is 4.90 Å². The normalized spacial score (nSPS) is 21.2. The summed E-state index contributed by atoms with van der Waals surface area (Å²) >= 11 is 0. The van der Waals surface area contributed by atoms with Crippen molar-refractivity contribution in [1.29, 1.82) is 0 Å². The summed E-state index contributed by atoms with van der Waals surface area (Å²) in [6.07, 6.45) is 7.94. The molecule has 0 saturated carbocycles. The van der Waals surface area contributed by atoms with Crippen LogP contribution in [0.15, 0.2) is 30.3 Å². The lowest BCUT2D eigenvalue weighted by Crippen LogP contribution is -2.39. The molecule has 2 N–H and O–H groups in total. The van der Waals surface area contributed by atoms with Gasteiger partial charge in [0.25, 0.3) is 0 Å². The van der Waals surface area contributed by atoms with Crippen LogP contribution in [-0.4, -0.2) is 30.6 Å². The van der Waals surface area contributed by atoms with Gasteiger partial charge in [-0.3, -0.25) is 4.90 Å². The van der Waals surface area contributed by atoms with E-state index in [1.165, 1.54) is 57.2 Å². The van der Waals surface area contributed by atoms with Crippen LogP contribution in [0.25, 0.3) is 0 Å². The van der Waals surface area contributed by atoms with E-state index in [2.05, 4.69) is 42.2 Å². The molecule has 2 heteroatoms. The first-order chi connectivity index (χ1) is 9.85. The van der Waals surface area contributed by atoms with Crippen LogP contribution in [0.5, 0.6) is 0 Å². The van der Waals surface area contributed by atoms with Gasteiger partial charge in [-0.05, 0) is 30.9 Å². The molecule has 2 atom stereocenters. The maximum absolute atomic E-state index is 6.01. The van der Waals surface area contributed by atoms with Gasteiger partial charge >= 0.3 is 0 Å². The molecule has 0 amide bonds. The maximum atomic E-state index is 6.01. The molecule has 1 heterocycles. The molecule has 0 bridgehead atoms. The number of nitrogens with zero attached hydrogens (tertiary/aromatic N) is 1. The molecule has 0 aliphatic carbocycles. The second kappa shape index (κ2) is 8.43. The fraction of sp³-hybridized carbons (Fsp3) is 0.667. The third-order valence-electron chi connectivity index (χ3n) is 4.67. The number of hydrogen-bond donors (Lipinski definition) is 1. The minimum Gasteiger partial charge on any atom is -0.329 e. The van der Waals surface area contributed by atoms with Gasteiger partial charge in [0, 0.05) is 19.1 Å². The van der Waals surface area contributed by atoms with Crippen molar-refractivity contribution in [2.24, 2.45) is 5.73 Å². The summed E-state index contributed by atoms with van der Waals surface area (Å²) in [5, 5.41) is 0. The Morgan fingerprint density at radius 3 is 2.70 bits per heavy atom. The minimum atomic E-state index is 0.598. The second-order valence-electron chi connectivity index (χ2n) is 6.13. The van der Waals surface area contributed by atoms with E-state index >= 15 is 0 Å². The van der Waals surface area contributed by atoms with Crippen LogP contribution in [-0.2, 0) is 0 Å². The lowest BCUT2D eigenvalue weighted by atomic mass is 9.98. The molecule has 1 aromatic carbocycles. The molecule has 0 radical (unpaired) electrons. The SMILES string of the molecule is CCCCCCC(CN)N1CCC(c2ccccc2)C1. The van der Waals surface area contributed by atoms with Crippen LogP contribution in [0.4, 0.5) is 0 Å². The molecule has 1 aromatic rings. The summed E-state index contributed by atoms with van der Waals surface area (Å²) < 4.78 is 0. The second-order valence-corrected chi connectivity index (χ2v) is 6.13. The molecule has 1 aliphatic rings. The Hall–Kier alpha value is -0.860. The van der Waals surface area contributed by atoms with Crippen LogP contribution < -0.4 is 5.73 Å². The Bertz CT molecular complexity index is 363. The Kier molecular flexibility index (Phi) is 6.55. The predicted molar refractivity (Wildman–Crippen MR) is 87.0 cm³/mol. The van der Waals surface area contributed by atoms with Gasteiger partial charge in [-0.15, -0.1) is 0 Å². The summed E-state index contributed by atoms with van der Waals surface area (Å²) in [4.78, 5) is 2.63. The number of benzene rings is 1. The van der Waals surface area contributed by atoms with Crippen molar-refractivity contribution in [3.8, 4) is 0 Å². The van der Waals surface area contributed by atoms with Crippen molar-refractivity contribution in [3.05, 3.63) is 35.9 Å². The van der Waals surface area contributed by atoms with Gasteiger partial charge in [-0.1, -0.05) is 62.9 Å². The van der Waals surface area contributed by atoms with Crippen molar-refractivity contribution in [2.75, 3.05) is 19.6 Å². The summed E-state index contributed by atoms with van der Waals surface area (Å²) in [7, 11) is 0. The average molecular weight is 274 g/mol. The minimum absolute atomic E-state index is 0.598. The molecule has 2 unspecified atom stereocenters. The molecule has 112 valence electrons. The van der Waals surface area contributed by atoms with E-state index in [1.54, 1.807) is 0 Å². The van der Waals surface area contributed by atoms with E-state index in [0.717, 1.165) is 6.54 Å². The standard InChI is InChI=1S/C18H30N2/c1-2-3-4-8-11-18(14-19)20-13-12-17(15-20)16-9-6-5-7-10-16/h5-7,9-10,17-18H,2-4,8,11-15,19H2,1H3. The first-order valence-electron chi connectivity index (χ1n) is 8.34. The number of nitrogens with two attached hydrogens (primary N) is 1. The van der Waals surface area contributed by atoms with Crippen molar-refractivity contribution in [2.45, 2.75) is 57.4 Å². The van der Waals surface area contributed by atoms with Gasteiger partial charge in [0.15, 0.2) is 0 Å². The van der Waals surface area contributed by atoms with Crippen LogP contribution >= 0.6 is 0 Å². The van der Waals surface area contributed by atoms with E-state index in [1.807, 2.05) is 0 Å². The zero-order valence-corrected chi connectivity index (χ0v) is 12.9. The number of hydrogen-bond acceptors (Lipinski definition) is 2. The van der Waals surface area contributed by atoms with Crippen molar-refractivity contribution < 1.29 is 0 Å². The third-order valence-corrected chi connectivity index (χ3v) is 4.67. The van der Waals surface area contributed by atoms with Crippen LogP contribution in [0.3, 0.4) is 0 Å². The van der Waals surface area contributed by atoms with Crippen molar-refractivity contribution in [3.63, 3.8) is 0 Å². The summed E-state index contributed by atoms with van der Waals surface area (Å²) in [5.41, 5.74) is 7.51. The highest BCUT2D eigenvalue weighted by molar-refractivity contribution is 5.21.